The first kappa shape index (κ1) is 19.0. The van der Waals surface area contributed by atoms with Gasteiger partial charge in [-0.25, -0.2) is 0 Å². The number of carbonyl (C=O) groups is 1. The van der Waals surface area contributed by atoms with Crippen LogP contribution >= 0.6 is 0 Å². The van der Waals surface area contributed by atoms with Gasteiger partial charge < -0.3 is 15.4 Å². The van der Waals surface area contributed by atoms with E-state index in [1.165, 1.54) is 5.56 Å². The van der Waals surface area contributed by atoms with Gasteiger partial charge in [0, 0.05) is 50.2 Å². The molecular formula is C23H29N3O2. The Morgan fingerprint density at radius 2 is 1.71 bits per heavy atom. The molecule has 2 saturated heterocycles. The number of carbonyl (C=O) groups excluding carboxylic acids is 1. The van der Waals surface area contributed by atoms with Gasteiger partial charge in [-0.15, -0.1) is 0 Å². The van der Waals surface area contributed by atoms with Crippen molar-refractivity contribution in [2.75, 3.05) is 32.8 Å². The maximum absolute atomic E-state index is 12.3. The van der Waals surface area contributed by atoms with Gasteiger partial charge in [0.1, 0.15) is 5.75 Å². The summed E-state index contributed by atoms with van der Waals surface area (Å²) in [5.41, 5.74) is 8.85. The van der Waals surface area contributed by atoms with Crippen molar-refractivity contribution < 1.29 is 9.53 Å². The third-order valence-corrected chi connectivity index (χ3v) is 5.84. The summed E-state index contributed by atoms with van der Waals surface area (Å²) in [6.45, 7) is 4.41. The van der Waals surface area contributed by atoms with E-state index in [0.717, 1.165) is 56.9 Å². The fourth-order valence-corrected chi connectivity index (χ4v) is 4.31. The van der Waals surface area contributed by atoms with Crippen molar-refractivity contribution in [3.8, 4) is 5.75 Å². The lowest BCUT2D eigenvalue weighted by atomic mass is 9.95. The first-order chi connectivity index (χ1) is 13.7. The van der Waals surface area contributed by atoms with Crippen molar-refractivity contribution in [1.82, 2.24) is 9.80 Å². The number of hydrogen-bond acceptors (Lipinski definition) is 4. The third-order valence-electron chi connectivity index (χ3n) is 5.84. The van der Waals surface area contributed by atoms with E-state index in [1.54, 1.807) is 0 Å². The highest BCUT2D eigenvalue weighted by atomic mass is 16.5. The van der Waals surface area contributed by atoms with Gasteiger partial charge in [-0.2, -0.15) is 0 Å². The molecule has 0 saturated carbocycles. The standard InChI is InChI=1S/C23H29N3O2/c24-21-16-25(15-20(21)18-8-2-1-3-9-18)14-19-10-4-5-11-22(19)28-17-23(27)26-12-6-7-13-26/h1-5,8-11,20-21H,6-7,12-17,24H2/t20-,21+/m0/s1. The second-order valence-electron chi connectivity index (χ2n) is 7.86. The average molecular weight is 380 g/mol. The summed E-state index contributed by atoms with van der Waals surface area (Å²) in [6.07, 6.45) is 2.19. The van der Waals surface area contributed by atoms with E-state index < -0.39 is 0 Å². The molecule has 2 aromatic carbocycles. The predicted octanol–water partition coefficient (Wildman–Crippen LogP) is 2.61. The summed E-state index contributed by atoms with van der Waals surface area (Å²) in [5, 5.41) is 0. The molecule has 0 aliphatic carbocycles. The second kappa shape index (κ2) is 8.76. The van der Waals surface area contributed by atoms with Crippen LogP contribution in [0.3, 0.4) is 0 Å². The highest BCUT2D eigenvalue weighted by Crippen LogP contribution is 2.29. The van der Waals surface area contributed by atoms with Crippen molar-refractivity contribution in [3.05, 3.63) is 65.7 Å². The molecular weight excluding hydrogens is 350 g/mol. The molecule has 2 N–H and O–H groups in total. The molecule has 2 aliphatic rings. The second-order valence-corrected chi connectivity index (χ2v) is 7.86. The Balaban J connectivity index is 1.38. The van der Waals surface area contributed by atoms with Crippen molar-refractivity contribution in [3.63, 3.8) is 0 Å². The van der Waals surface area contributed by atoms with Crippen LogP contribution in [0.15, 0.2) is 54.6 Å². The number of hydrogen-bond donors (Lipinski definition) is 1. The zero-order chi connectivity index (χ0) is 19.3. The van der Waals surface area contributed by atoms with Crippen LogP contribution in [0, 0.1) is 0 Å². The maximum Gasteiger partial charge on any atom is 0.260 e. The Morgan fingerprint density at radius 1 is 1.00 bits per heavy atom. The fourth-order valence-electron chi connectivity index (χ4n) is 4.31. The normalized spacial score (nSPS) is 22.5. The molecule has 2 fully saturated rings. The number of rotatable bonds is 6. The van der Waals surface area contributed by atoms with Crippen LogP contribution in [-0.4, -0.2) is 54.5 Å². The molecule has 2 heterocycles. The molecule has 0 bridgehead atoms. The topological polar surface area (TPSA) is 58.8 Å². The summed E-state index contributed by atoms with van der Waals surface area (Å²) in [7, 11) is 0. The molecule has 148 valence electrons. The number of nitrogens with zero attached hydrogens (tertiary/aromatic N) is 2. The van der Waals surface area contributed by atoms with Crippen LogP contribution < -0.4 is 10.5 Å². The summed E-state index contributed by atoms with van der Waals surface area (Å²) in [5.74, 6) is 1.23. The van der Waals surface area contributed by atoms with E-state index in [4.69, 9.17) is 10.5 Å². The van der Waals surface area contributed by atoms with Gasteiger partial charge in [0.05, 0.1) is 0 Å². The number of likely N-dealkylation sites (tertiary alicyclic amines) is 2. The van der Waals surface area contributed by atoms with Crippen LogP contribution in [0.4, 0.5) is 0 Å². The lowest BCUT2D eigenvalue weighted by molar-refractivity contribution is -0.132. The SMILES string of the molecule is N[C@@H]1CN(Cc2ccccc2OCC(=O)N2CCCC2)C[C@H]1c1ccccc1. The van der Waals surface area contributed by atoms with Gasteiger partial charge >= 0.3 is 0 Å². The van der Waals surface area contributed by atoms with Crippen LogP contribution in [0.1, 0.15) is 29.9 Å². The van der Waals surface area contributed by atoms with Crippen molar-refractivity contribution in [1.29, 1.82) is 0 Å². The van der Waals surface area contributed by atoms with E-state index in [0.29, 0.717) is 5.92 Å². The van der Waals surface area contributed by atoms with Gasteiger partial charge in [-0.1, -0.05) is 48.5 Å². The Morgan fingerprint density at radius 3 is 2.50 bits per heavy atom. The first-order valence-corrected chi connectivity index (χ1v) is 10.2. The van der Waals surface area contributed by atoms with Crippen LogP contribution in [0.2, 0.25) is 0 Å². The van der Waals surface area contributed by atoms with Gasteiger partial charge in [0.25, 0.3) is 5.91 Å². The third kappa shape index (κ3) is 4.37. The van der Waals surface area contributed by atoms with E-state index >= 15 is 0 Å². The molecule has 0 aromatic heterocycles. The Hall–Kier alpha value is -2.37. The first-order valence-electron chi connectivity index (χ1n) is 10.2. The number of para-hydroxylation sites is 1. The maximum atomic E-state index is 12.3. The molecule has 2 aliphatic heterocycles. The highest BCUT2D eigenvalue weighted by molar-refractivity contribution is 5.78. The molecule has 0 unspecified atom stereocenters. The minimum atomic E-state index is 0.0830. The number of benzene rings is 2. The minimum Gasteiger partial charge on any atom is -0.483 e. The average Bonchev–Trinajstić information content (AvgIpc) is 3.38. The quantitative estimate of drug-likeness (QED) is 0.838. The van der Waals surface area contributed by atoms with Gasteiger partial charge in [0.2, 0.25) is 0 Å². The Kier molecular flexibility index (Phi) is 5.93. The van der Waals surface area contributed by atoms with E-state index in [1.807, 2.05) is 29.2 Å². The number of nitrogens with two attached hydrogens (primary N) is 1. The van der Waals surface area contributed by atoms with Gasteiger partial charge in [-0.3, -0.25) is 9.69 Å². The zero-order valence-electron chi connectivity index (χ0n) is 16.3. The van der Waals surface area contributed by atoms with Gasteiger partial charge in [0.15, 0.2) is 6.61 Å². The predicted molar refractivity (Wildman–Crippen MR) is 110 cm³/mol. The highest BCUT2D eigenvalue weighted by Gasteiger charge is 2.31. The lowest BCUT2D eigenvalue weighted by Crippen LogP contribution is -2.32. The molecule has 1 amide bonds. The van der Waals surface area contributed by atoms with Crippen molar-refractivity contribution >= 4 is 5.91 Å². The Bertz CT molecular complexity index is 789. The largest absolute Gasteiger partial charge is 0.483 e. The summed E-state index contributed by atoms with van der Waals surface area (Å²) in [4.78, 5) is 16.6. The molecule has 28 heavy (non-hydrogen) atoms. The molecule has 0 radical (unpaired) electrons. The fraction of sp³-hybridized carbons (Fsp3) is 0.435. The van der Waals surface area contributed by atoms with Crippen LogP contribution in [0.5, 0.6) is 5.75 Å². The number of amides is 1. The van der Waals surface area contributed by atoms with Crippen LogP contribution in [0.25, 0.3) is 0 Å². The Labute approximate surface area is 167 Å². The number of ether oxygens (including phenoxy) is 1. The van der Waals surface area contributed by atoms with E-state index in [-0.39, 0.29) is 18.6 Å². The molecule has 2 aromatic rings. The van der Waals surface area contributed by atoms with Crippen molar-refractivity contribution in [2.24, 2.45) is 5.73 Å². The zero-order valence-corrected chi connectivity index (χ0v) is 16.3. The lowest BCUT2D eigenvalue weighted by Gasteiger charge is -2.20. The molecule has 4 rings (SSSR count). The minimum absolute atomic E-state index is 0.0830. The van der Waals surface area contributed by atoms with Gasteiger partial charge in [-0.05, 0) is 24.5 Å². The summed E-state index contributed by atoms with van der Waals surface area (Å²) in [6, 6.07) is 18.7. The van der Waals surface area contributed by atoms with E-state index in [2.05, 4.69) is 35.2 Å². The molecule has 2 atom stereocenters. The molecule has 5 nitrogen and oxygen atoms in total. The monoisotopic (exact) mass is 379 g/mol. The molecule has 5 heteroatoms. The summed E-state index contributed by atoms with van der Waals surface area (Å²) < 4.78 is 5.91. The van der Waals surface area contributed by atoms with E-state index in [9.17, 15) is 4.79 Å². The summed E-state index contributed by atoms with van der Waals surface area (Å²) >= 11 is 0. The van der Waals surface area contributed by atoms with Crippen molar-refractivity contribution in [2.45, 2.75) is 31.3 Å². The molecule has 0 spiro atoms. The smallest absolute Gasteiger partial charge is 0.260 e. The van der Waals surface area contributed by atoms with Crippen LogP contribution in [-0.2, 0) is 11.3 Å².